The zero-order valence-corrected chi connectivity index (χ0v) is 23.2. The van der Waals surface area contributed by atoms with Gasteiger partial charge in [0, 0.05) is 30.6 Å². The molecule has 0 unspecified atom stereocenters. The van der Waals surface area contributed by atoms with E-state index in [9.17, 15) is 0 Å². The summed E-state index contributed by atoms with van der Waals surface area (Å²) < 4.78 is 35.2. The molecule has 10 nitrogen and oxygen atoms in total. The van der Waals surface area contributed by atoms with E-state index in [2.05, 4.69) is 31.6 Å². The number of aromatic nitrogens is 5. The molecule has 0 spiro atoms. The molecule has 41 heavy (non-hydrogen) atoms. The molecule has 1 N–H and O–H groups in total. The first-order valence-electron chi connectivity index (χ1n) is 14.1. The average Bonchev–Trinajstić information content (AvgIpc) is 3.58. The van der Waals surface area contributed by atoms with Gasteiger partial charge in [0.25, 0.3) is 0 Å². The quantitative estimate of drug-likeness (QED) is 0.351. The zero-order chi connectivity index (χ0) is 27.7. The third-order valence-electron chi connectivity index (χ3n) is 8.85. The number of H-pyrrole nitrogens is 1. The Hall–Kier alpha value is -3.54. The number of nitrogens with one attached hydrogen (secondary N) is 1. The van der Waals surface area contributed by atoms with E-state index in [1.165, 1.54) is 5.57 Å². The number of aromatic amines is 1. The van der Waals surface area contributed by atoms with Crippen LogP contribution in [0.15, 0.2) is 30.5 Å². The van der Waals surface area contributed by atoms with Crippen LogP contribution in [0.2, 0.25) is 5.02 Å². The molecule has 0 radical (unpaired) electrons. The molecule has 0 amide bonds. The van der Waals surface area contributed by atoms with Gasteiger partial charge in [-0.25, -0.2) is 9.37 Å². The Kier molecular flexibility index (Phi) is 5.84. The molecule has 0 saturated carbocycles. The van der Waals surface area contributed by atoms with Crippen molar-refractivity contribution >= 4 is 39.2 Å². The summed E-state index contributed by atoms with van der Waals surface area (Å²) in [6.45, 7) is 8.63. The van der Waals surface area contributed by atoms with Gasteiger partial charge in [0.1, 0.15) is 35.6 Å². The van der Waals surface area contributed by atoms with E-state index >= 15 is 4.39 Å². The Morgan fingerprint density at radius 2 is 2.12 bits per heavy atom. The highest BCUT2D eigenvalue weighted by Gasteiger charge is 2.46. The molecular formula is C29H29ClFN7O3. The van der Waals surface area contributed by atoms with Crippen molar-refractivity contribution in [2.24, 2.45) is 0 Å². The van der Waals surface area contributed by atoms with Gasteiger partial charge in [0.05, 0.1) is 34.9 Å². The van der Waals surface area contributed by atoms with Crippen molar-refractivity contribution in [1.29, 1.82) is 0 Å². The molecule has 3 saturated heterocycles. The van der Waals surface area contributed by atoms with E-state index in [0.29, 0.717) is 65.7 Å². The largest absolute Gasteiger partial charge is 0.475 e. The standard InChI is InChI=1S/C29H29ClFN7O3/c1-16-10-29(6-2-7-37(29)12-16)15-41-28-34-25-22-26(35-28)38-8-3-9-39-13-17(38)14-40-27(22)33-24(23(25)31)21-18-11-32-36-20(18)5-4-19(21)30/h4-5,11,17H,1-3,6-10,12-15H2,(H,32,36)/t17-,29-/m0/s1. The maximum atomic E-state index is 16.7. The smallest absolute Gasteiger partial charge is 0.319 e. The monoisotopic (exact) mass is 577 g/mol. The van der Waals surface area contributed by atoms with Gasteiger partial charge in [-0.2, -0.15) is 15.1 Å². The van der Waals surface area contributed by atoms with Crippen LogP contribution in [0, 0.1) is 5.82 Å². The molecule has 0 bridgehead atoms. The number of pyridine rings is 1. The average molecular weight is 578 g/mol. The van der Waals surface area contributed by atoms with Crippen molar-refractivity contribution in [3.63, 3.8) is 0 Å². The second-order valence-corrected chi connectivity index (χ2v) is 11.8. The number of anilines is 1. The SMILES string of the molecule is C=C1CN2CCC[C@@]2(COc2nc3c4c(nc(-c5c(Cl)ccc6[nH]ncc56)c(F)c4n2)OC[C@@H]2COCCCN32)C1. The van der Waals surface area contributed by atoms with Crippen LogP contribution in [-0.2, 0) is 4.74 Å². The summed E-state index contributed by atoms with van der Waals surface area (Å²) in [5, 5.41) is 8.47. The number of nitrogens with zero attached hydrogens (tertiary/aromatic N) is 6. The van der Waals surface area contributed by atoms with Crippen LogP contribution in [0.5, 0.6) is 11.9 Å². The number of hydrogen-bond donors (Lipinski definition) is 1. The first-order valence-corrected chi connectivity index (χ1v) is 14.4. The maximum Gasteiger partial charge on any atom is 0.319 e. The summed E-state index contributed by atoms with van der Waals surface area (Å²) in [5.41, 5.74) is 2.36. The molecule has 0 aliphatic carbocycles. The van der Waals surface area contributed by atoms with Crippen molar-refractivity contribution in [3.8, 4) is 23.1 Å². The van der Waals surface area contributed by atoms with Crippen molar-refractivity contribution in [1.82, 2.24) is 30.0 Å². The van der Waals surface area contributed by atoms with Gasteiger partial charge in [-0.05, 0) is 44.4 Å². The predicted octanol–water partition coefficient (Wildman–Crippen LogP) is 4.52. The molecule has 212 valence electrons. The molecule has 2 atom stereocenters. The highest BCUT2D eigenvalue weighted by atomic mass is 35.5. The lowest BCUT2D eigenvalue weighted by Crippen LogP contribution is -2.43. The fourth-order valence-corrected chi connectivity index (χ4v) is 7.20. The van der Waals surface area contributed by atoms with Crippen LogP contribution in [0.25, 0.3) is 33.1 Å². The minimum atomic E-state index is -0.615. The number of fused-ring (bicyclic) bond motifs is 4. The first kappa shape index (κ1) is 25.2. The molecule has 7 heterocycles. The second-order valence-electron chi connectivity index (χ2n) is 11.4. The summed E-state index contributed by atoms with van der Waals surface area (Å²) in [6, 6.07) is 3.51. The molecule has 3 aromatic heterocycles. The molecule has 4 aromatic rings. The first-order chi connectivity index (χ1) is 20.0. The van der Waals surface area contributed by atoms with Crippen LogP contribution >= 0.6 is 11.6 Å². The van der Waals surface area contributed by atoms with Gasteiger partial charge < -0.3 is 19.1 Å². The summed E-state index contributed by atoms with van der Waals surface area (Å²) in [4.78, 5) is 18.8. The Morgan fingerprint density at radius 1 is 1.20 bits per heavy atom. The Bertz CT molecular complexity index is 1710. The summed E-state index contributed by atoms with van der Waals surface area (Å²) in [7, 11) is 0. The van der Waals surface area contributed by atoms with Crippen molar-refractivity contribution < 1.29 is 18.6 Å². The Balaban J connectivity index is 1.31. The molecule has 3 fully saturated rings. The molecule has 12 heteroatoms. The number of rotatable bonds is 4. The van der Waals surface area contributed by atoms with E-state index < -0.39 is 5.82 Å². The van der Waals surface area contributed by atoms with E-state index in [-0.39, 0.29) is 34.7 Å². The fourth-order valence-electron chi connectivity index (χ4n) is 6.94. The van der Waals surface area contributed by atoms with Gasteiger partial charge in [-0.1, -0.05) is 23.8 Å². The normalized spacial score (nSPS) is 24.3. The lowest BCUT2D eigenvalue weighted by atomic mass is 9.94. The lowest BCUT2D eigenvalue weighted by molar-refractivity contribution is 0.108. The lowest BCUT2D eigenvalue weighted by Gasteiger charge is -2.31. The van der Waals surface area contributed by atoms with Gasteiger partial charge in [0.15, 0.2) is 5.82 Å². The Morgan fingerprint density at radius 3 is 3.05 bits per heavy atom. The van der Waals surface area contributed by atoms with Gasteiger partial charge in [-0.15, -0.1) is 0 Å². The van der Waals surface area contributed by atoms with Crippen LogP contribution in [0.1, 0.15) is 25.7 Å². The third-order valence-corrected chi connectivity index (χ3v) is 9.17. The van der Waals surface area contributed by atoms with Crippen LogP contribution in [0.4, 0.5) is 10.2 Å². The fraction of sp³-hybridized carbons (Fsp3) is 0.448. The van der Waals surface area contributed by atoms with E-state index in [1.807, 2.05) is 0 Å². The number of hydrogen-bond acceptors (Lipinski definition) is 9. The summed E-state index contributed by atoms with van der Waals surface area (Å²) in [6.07, 6.45) is 5.43. The molecule has 8 rings (SSSR count). The molecular weight excluding hydrogens is 549 g/mol. The maximum absolute atomic E-state index is 16.7. The zero-order valence-electron chi connectivity index (χ0n) is 22.5. The Labute approximate surface area is 240 Å². The molecule has 4 aliphatic rings. The van der Waals surface area contributed by atoms with Crippen LogP contribution < -0.4 is 14.4 Å². The number of halogens is 2. The molecule has 1 aromatic carbocycles. The summed E-state index contributed by atoms with van der Waals surface area (Å²) >= 11 is 6.64. The number of ether oxygens (including phenoxy) is 3. The minimum absolute atomic E-state index is 0.0427. The predicted molar refractivity (Wildman–Crippen MR) is 152 cm³/mol. The van der Waals surface area contributed by atoms with Crippen LogP contribution in [0.3, 0.4) is 0 Å². The van der Waals surface area contributed by atoms with Gasteiger partial charge in [-0.3, -0.25) is 10.00 Å². The van der Waals surface area contributed by atoms with Gasteiger partial charge >= 0.3 is 6.01 Å². The molecule has 4 aliphatic heterocycles. The van der Waals surface area contributed by atoms with E-state index in [0.717, 1.165) is 38.8 Å². The van der Waals surface area contributed by atoms with Crippen molar-refractivity contribution in [2.45, 2.75) is 37.3 Å². The highest BCUT2D eigenvalue weighted by molar-refractivity contribution is 6.35. The van der Waals surface area contributed by atoms with Crippen molar-refractivity contribution in [3.05, 3.63) is 41.3 Å². The van der Waals surface area contributed by atoms with Crippen LogP contribution in [-0.4, -0.2) is 87.7 Å². The number of benzene rings is 1. The third kappa shape index (κ3) is 3.97. The minimum Gasteiger partial charge on any atom is -0.475 e. The second kappa shape index (κ2) is 9.50. The highest BCUT2D eigenvalue weighted by Crippen LogP contribution is 2.44. The van der Waals surface area contributed by atoms with Gasteiger partial charge in [0.2, 0.25) is 5.88 Å². The van der Waals surface area contributed by atoms with Crippen molar-refractivity contribution in [2.75, 3.05) is 51.0 Å². The topological polar surface area (TPSA) is 102 Å². The van der Waals surface area contributed by atoms with E-state index in [4.69, 9.17) is 35.8 Å². The summed E-state index contributed by atoms with van der Waals surface area (Å²) in [5.74, 6) is 0.196. The van der Waals surface area contributed by atoms with E-state index in [1.54, 1.807) is 18.3 Å².